The van der Waals surface area contributed by atoms with E-state index in [1.807, 2.05) is 30.6 Å². The quantitative estimate of drug-likeness (QED) is 0.376. The topological polar surface area (TPSA) is 164 Å². The molecule has 2 aromatic heterocycles. The van der Waals surface area contributed by atoms with Gasteiger partial charge in [-0.05, 0) is 31.4 Å². The van der Waals surface area contributed by atoms with E-state index in [9.17, 15) is 39.5 Å². The van der Waals surface area contributed by atoms with E-state index in [2.05, 4.69) is 26.5 Å². The van der Waals surface area contributed by atoms with Gasteiger partial charge in [0.05, 0.1) is 37.7 Å². The summed E-state index contributed by atoms with van der Waals surface area (Å²) in [4.78, 5) is 38.0. The number of carbonyl (C=O) groups is 3. The van der Waals surface area contributed by atoms with Gasteiger partial charge in [0.15, 0.2) is 0 Å². The van der Waals surface area contributed by atoms with E-state index in [4.69, 9.17) is 39.2 Å². The molecule has 46 heavy (non-hydrogen) atoms. The maximum atomic E-state index is 10.6. The Hall–Kier alpha value is -3.98. The zero-order chi connectivity index (χ0) is 35.3. The molecule has 21 heteroatoms. The molecule has 2 aliphatic rings. The average Bonchev–Trinajstić information content (AvgIpc) is 3.54. The molecule has 0 amide bonds. The van der Waals surface area contributed by atoms with Crippen LogP contribution in [0.15, 0.2) is 36.8 Å². The number of alkyl halides is 9. The van der Waals surface area contributed by atoms with Crippen molar-refractivity contribution >= 4 is 17.9 Å². The van der Waals surface area contributed by atoms with Gasteiger partial charge in [0.25, 0.3) is 0 Å². The first-order chi connectivity index (χ1) is 21.1. The molecular formula is C25H29F9N4O8. The van der Waals surface area contributed by atoms with Crippen LogP contribution in [0.1, 0.15) is 30.8 Å². The number of hydrogen-bond donors (Lipinski definition) is 3. The molecule has 4 heterocycles. The molecule has 2 saturated heterocycles. The third kappa shape index (κ3) is 14.9. The zero-order valence-electron chi connectivity index (χ0n) is 23.7. The van der Waals surface area contributed by atoms with Gasteiger partial charge in [-0.1, -0.05) is 6.07 Å². The molecule has 2 aromatic rings. The van der Waals surface area contributed by atoms with Crippen LogP contribution in [0.5, 0.6) is 0 Å². The highest BCUT2D eigenvalue weighted by Crippen LogP contribution is 2.32. The van der Waals surface area contributed by atoms with Crippen LogP contribution < -0.4 is 0 Å². The zero-order valence-corrected chi connectivity index (χ0v) is 23.7. The highest BCUT2D eigenvalue weighted by molar-refractivity contribution is 5.73. The molecule has 0 spiro atoms. The number of pyridine rings is 1. The predicted octanol–water partition coefficient (Wildman–Crippen LogP) is 4.05. The highest BCUT2D eigenvalue weighted by atomic mass is 19.4. The van der Waals surface area contributed by atoms with Crippen molar-refractivity contribution in [2.75, 3.05) is 13.2 Å². The molecule has 0 unspecified atom stereocenters. The molecule has 0 bridgehead atoms. The van der Waals surface area contributed by atoms with E-state index in [0.717, 1.165) is 37.4 Å². The van der Waals surface area contributed by atoms with Gasteiger partial charge in [0.1, 0.15) is 5.82 Å². The minimum Gasteiger partial charge on any atom is -0.475 e. The lowest BCUT2D eigenvalue weighted by atomic mass is 9.99. The number of ether oxygens (including phenoxy) is 2. The second kappa shape index (κ2) is 17.6. The fraction of sp³-hybridized carbons (Fsp3) is 0.560. The minimum absolute atomic E-state index is 0.207. The first-order valence-corrected chi connectivity index (χ1v) is 12.9. The Bertz CT molecular complexity index is 1180. The second-order valence-corrected chi connectivity index (χ2v) is 9.40. The number of aliphatic carboxylic acids is 3. The molecule has 3 atom stereocenters. The molecular weight excluding hydrogens is 655 g/mol. The van der Waals surface area contributed by atoms with E-state index < -0.39 is 36.4 Å². The summed E-state index contributed by atoms with van der Waals surface area (Å²) in [5, 5.41) is 21.4. The van der Waals surface area contributed by atoms with Gasteiger partial charge < -0.3 is 29.4 Å². The molecule has 12 nitrogen and oxygen atoms in total. The average molecular weight is 685 g/mol. The minimum atomic E-state index is -5.08. The van der Waals surface area contributed by atoms with Gasteiger partial charge in [-0.15, -0.1) is 0 Å². The number of rotatable bonds is 6. The third-order valence-electron chi connectivity index (χ3n) is 6.02. The van der Waals surface area contributed by atoms with Crippen LogP contribution in [0.25, 0.3) is 0 Å². The Balaban J connectivity index is 0.000000413. The number of aryl methyl sites for hydroxylation is 1. The van der Waals surface area contributed by atoms with Crippen molar-refractivity contribution in [1.82, 2.24) is 19.4 Å². The van der Waals surface area contributed by atoms with Gasteiger partial charge in [0, 0.05) is 38.2 Å². The lowest BCUT2D eigenvalue weighted by Crippen LogP contribution is -2.43. The van der Waals surface area contributed by atoms with Crippen LogP contribution in [0, 0.1) is 0 Å². The first kappa shape index (κ1) is 40.0. The van der Waals surface area contributed by atoms with Crippen LogP contribution in [-0.2, 0) is 44.1 Å². The Morgan fingerprint density at radius 3 is 1.85 bits per heavy atom. The van der Waals surface area contributed by atoms with Crippen molar-refractivity contribution in [3.05, 3.63) is 48.3 Å². The van der Waals surface area contributed by atoms with Crippen molar-refractivity contribution in [3.8, 4) is 0 Å². The highest BCUT2D eigenvalue weighted by Gasteiger charge is 2.41. The van der Waals surface area contributed by atoms with Crippen molar-refractivity contribution in [2.45, 2.75) is 69.2 Å². The number of fused-ring (bicyclic) bond motifs is 1. The van der Waals surface area contributed by atoms with Gasteiger partial charge in [-0.3, -0.25) is 9.88 Å². The van der Waals surface area contributed by atoms with Crippen LogP contribution in [-0.4, -0.2) is 103 Å². The predicted molar refractivity (Wildman–Crippen MR) is 135 cm³/mol. The number of carboxylic acid groups (broad SMARTS) is 3. The smallest absolute Gasteiger partial charge is 0.475 e. The maximum absolute atomic E-state index is 10.6. The summed E-state index contributed by atoms with van der Waals surface area (Å²) in [7, 11) is 2.06. The second-order valence-electron chi connectivity index (χ2n) is 9.40. The Morgan fingerprint density at radius 2 is 1.41 bits per heavy atom. The molecule has 0 aliphatic carbocycles. The van der Waals surface area contributed by atoms with Crippen molar-refractivity contribution in [2.24, 2.45) is 7.05 Å². The van der Waals surface area contributed by atoms with Crippen molar-refractivity contribution in [1.29, 1.82) is 0 Å². The van der Waals surface area contributed by atoms with Crippen LogP contribution in [0.3, 0.4) is 0 Å². The third-order valence-corrected chi connectivity index (χ3v) is 6.02. The lowest BCUT2D eigenvalue weighted by Gasteiger charge is -2.35. The van der Waals surface area contributed by atoms with Crippen LogP contribution >= 0.6 is 0 Å². The molecule has 2 fully saturated rings. The summed E-state index contributed by atoms with van der Waals surface area (Å²) in [6, 6.07) is 6.42. The molecule has 3 N–H and O–H groups in total. The van der Waals surface area contributed by atoms with Crippen LogP contribution in [0.2, 0.25) is 0 Å². The van der Waals surface area contributed by atoms with E-state index >= 15 is 0 Å². The fourth-order valence-electron chi connectivity index (χ4n) is 3.91. The van der Waals surface area contributed by atoms with Crippen LogP contribution in [0.4, 0.5) is 39.5 Å². The van der Waals surface area contributed by atoms with E-state index in [1.54, 1.807) is 6.20 Å². The number of halogens is 9. The summed E-state index contributed by atoms with van der Waals surface area (Å²) in [6.45, 7) is 3.21. The van der Waals surface area contributed by atoms with E-state index in [0.29, 0.717) is 25.4 Å². The summed E-state index contributed by atoms with van der Waals surface area (Å²) in [5.74, 6) is -7.14. The number of likely N-dealkylation sites (tertiary alicyclic amines) is 1. The summed E-state index contributed by atoms with van der Waals surface area (Å²) in [5.41, 5.74) is 0.971. The SMILES string of the molecule is Cn1ccnc1CN1CC[C@@H]2O[C@H](COCc3ccccn3)CC[C@@H]21.O=C(O)C(F)(F)F.O=C(O)C(F)(F)F.O=C(O)C(F)(F)F. The lowest BCUT2D eigenvalue weighted by molar-refractivity contribution is -0.193. The molecule has 4 rings (SSSR count). The van der Waals surface area contributed by atoms with Crippen molar-refractivity contribution in [3.63, 3.8) is 0 Å². The van der Waals surface area contributed by atoms with E-state index in [1.165, 1.54) is 6.42 Å². The Kier molecular flexibility index (Phi) is 15.4. The fourth-order valence-corrected chi connectivity index (χ4v) is 3.91. The molecule has 0 saturated carbocycles. The summed E-state index contributed by atoms with van der Waals surface area (Å²) < 4.78 is 109. The van der Waals surface area contributed by atoms with Gasteiger partial charge >= 0.3 is 36.4 Å². The standard InChI is InChI=1S/C19H26N4O2.3C2HF3O2/c1-22-11-9-21-19(22)12-23-10-7-18-17(23)6-5-16(25-18)14-24-13-15-4-2-3-8-20-15;3*3-2(4,5)1(6)7/h2-4,8-9,11,16-18H,5-7,10,12-14H2,1H3;3*(H,6,7)/t16-,17-,18-;;;/m0.../s1. The van der Waals surface area contributed by atoms with Gasteiger partial charge in [0.2, 0.25) is 0 Å². The molecule has 0 radical (unpaired) electrons. The maximum Gasteiger partial charge on any atom is 0.490 e. The van der Waals surface area contributed by atoms with Gasteiger partial charge in [-0.2, -0.15) is 39.5 Å². The Labute approximate surface area is 254 Å². The van der Waals surface area contributed by atoms with Gasteiger partial charge in [-0.25, -0.2) is 19.4 Å². The monoisotopic (exact) mass is 684 g/mol. The normalized spacial score (nSPS) is 19.7. The molecule has 260 valence electrons. The molecule has 2 aliphatic heterocycles. The number of nitrogens with zero attached hydrogens (tertiary/aromatic N) is 4. The first-order valence-electron chi connectivity index (χ1n) is 12.9. The van der Waals surface area contributed by atoms with E-state index in [-0.39, 0.29) is 6.10 Å². The number of aromatic nitrogens is 3. The largest absolute Gasteiger partial charge is 0.490 e. The number of carboxylic acids is 3. The summed E-state index contributed by atoms with van der Waals surface area (Å²) in [6.07, 6.45) is -5.70. The molecule has 0 aromatic carbocycles. The summed E-state index contributed by atoms with van der Waals surface area (Å²) >= 11 is 0. The number of hydrogen-bond acceptors (Lipinski definition) is 8. The Morgan fingerprint density at radius 1 is 0.870 bits per heavy atom. The number of imidazole rings is 1. The van der Waals surface area contributed by atoms with Crippen molar-refractivity contribution < 1.29 is 78.7 Å².